The van der Waals surface area contributed by atoms with E-state index in [2.05, 4.69) is 15.9 Å². The molecular formula is C14H22BrNO2. The van der Waals surface area contributed by atoms with E-state index in [1.54, 1.807) is 0 Å². The van der Waals surface area contributed by atoms with Gasteiger partial charge in [-0.1, -0.05) is 42.1 Å². The summed E-state index contributed by atoms with van der Waals surface area (Å²) in [7, 11) is 0. The maximum Gasteiger partial charge on any atom is 0.229 e. The normalized spacial score (nSPS) is 25.6. The van der Waals surface area contributed by atoms with Crippen molar-refractivity contribution in [2.45, 2.75) is 51.9 Å². The minimum atomic E-state index is 0.0321. The van der Waals surface area contributed by atoms with Crippen molar-refractivity contribution in [3.8, 4) is 0 Å². The van der Waals surface area contributed by atoms with Gasteiger partial charge in [0, 0.05) is 24.7 Å². The average molecular weight is 316 g/mol. The second-order valence-corrected chi connectivity index (χ2v) is 6.64. The maximum atomic E-state index is 12.0. The van der Waals surface area contributed by atoms with Crippen molar-refractivity contribution in [3.63, 3.8) is 0 Å². The molecular weight excluding hydrogens is 294 g/mol. The lowest BCUT2D eigenvalue weighted by molar-refractivity contribution is -0.151. The number of halogens is 1. The summed E-state index contributed by atoms with van der Waals surface area (Å²) < 4.78 is 0. The molecule has 0 aromatic carbocycles. The molecule has 0 atom stereocenters. The van der Waals surface area contributed by atoms with Crippen LogP contribution in [0.4, 0.5) is 0 Å². The molecule has 0 aromatic rings. The summed E-state index contributed by atoms with van der Waals surface area (Å²) >= 11 is 3.60. The standard InChI is InChI=1S/C14H22BrNO2/c1-11-7-12(17)16(13(18)8-11)10-14(9-15)5-3-2-4-6-14/h11H,2-10H2,1H3. The molecule has 2 rings (SSSR count). The van der Waals surface area contributed by atoms with Crippen molar-refractivity contribution in [1.82, 2.24) is 4.90 Å². The third-order valence-corrected chi connectivity index (χ3v) is 5.53. The maximum absolute atomic E-state index is 12.0. The van der Waals surface area contributed by atoms with Gasteiger partial charge < -0.3 is 0 Å². The predicted molar refractivity (Wildman–Crippen MR) is 74.4 cm³/mol. The molecule has 0 unspecified atom stereocenters. The molecule has 0 radical (unpaired) electrons. The Hall–Kier alpha value is -0.380. The summed E-state index contributed by atoms with van der Waals surface area (Å²) in [5, 5.41) is 0.895. The number of hydrogen-bond acceptors (Lipinski definition) is 2. The van der Waals surface area contributed by atoms with Crippen LogP contribution in [0.1, 0.15) is 51.9 Å². The van der Waals surface area contributed by atoms with E-state index >= 15 is 0 Å². The Labute approximate surface area is 117 Å². The first kappa shape index (κ1) is 14.0. The van der Waals surface area contributed by atoms with Crippen LogP contribution in [0.2, 0.25) is 0 Å². The number of rotatable bonds is 3. The topological polar surface area (TPSA) is 37.4 Å². The number of hydrogen-bond donors (Lipinski definition) is 0. The highest BCUT2D eigenvalue weighted by Gasteiger charge is 2.38. The van der Waals surface area contributed by atoms with Gasteiger partial charge in [-0.25, -0.2) is 0 Å². The van der Waals surface area contributed by atoms with Crippen LogP contribution in [0, 0.1) is 11.3 Å². The monoisotopic (exact) mass is 315 g/mol. The molecule has 2 amide bonds. The van der Waals surface area contributed by atoms with Crippen molar-refractivity contribution in [2.24, 2.45) is 11.3 Å². The fourth-order valence-electron chi connectivity index (χ4n) is 3.18. The SMILES string of the molecule is CC1CC(=O)N(CC2(CBr)CCCCC2)C(=O)C1. The molecule has 0 spiro atoms. The van der Waals surface area contributed by atoms with E-state index in [9.17, 15) is 9.59 Å². The second-order valence-electron chi connectivity index (χ2n) is 6.08. The Morgan fingerprint density at radius 3 is 2.22 bits per heavy atom. The van der Waals surface area contributed by atoms with E-state index in [4.69, 9.17) is 0 Å². The van der Waals surface area contributed by atoms with Crippen molar-refractivity contribution in [2.75, 3.05) is 11.9 Å². The molecule has 1 aliphatic heterocycles. The van der Waals surface area contributed by atoms with Crippen LogP contribution in [-0.2, 0) is 9.59 Å². The molecule has 18 heavy (non-hydrogen) atoms. The molecule has 0 bridgehead atoms. The van der Waals surface area contributed by atoms with Crippen molar-refractivity contribution >= 4 is 27.7 Å². The predicted octanol–water partition coefficient (Wildman–Crippen LogP) is 3.12. The Bertz CT molecular complexity index is 319. The smallest absolute Gasteiger partial charge is 0.229 e. The van der Waals surface area contributed by atoms with Gasteiger partial charge in [0.25, 0.3) is 0 Å². The zero-order valence-corrected chi connectivity index (χ0v) is 12.7. The number of carbonyl (C=O) groups is 2. The van der Waals surface area contributed by atoms with E-state index in [-0.39, 0.29) is 23.1 Å². The van der Waals surface area contributed by atoms with Gasteiger partial charge in [-0.3, -0.25) is 14.5 Å². The van der Waals surface area contributed by atoms with Crippen LogP contribution in [0.25, 0.3) is 0 Å². The van der Waals surface area contributed by atoms with Crippen LogP contribution in [0.5, 0.6) is 0 Å². The van der Waals surface area contributed by atoms with Gasteiger partial charge in [0.1, 0.15) is 0 Å². The summed E-state index contributed by atoms with van der Waals surface area (Å²) in [5.74, 6) is 0.279. The summed E-state index contributed by atoms with van der Waals surface area (Å²) in [6.45, 7) is 2.61. The lowest BCUT2D eigenvalue weighted by Crippen LogP contribution is -2.49. The Morgan fingerprint density at radius 2 is 1.72 bits per heavy atom. The average Bonchev–Trinajstić information content (AvgIpc) is 2.35. The molecule has 2 aliphatic rings. The van der Waals surface area contributed by atoms with Crippen LogP contribution < -0.4 is 0 Å². The van der Waals surface area contributed by atoms with Gasteiger partial charge in [0.2, 0.25) is 11.8 Å². The molecule has 2 fully saturated rings. The third kappa shape index (κ3) is 2.95. The quantitative estimate of drug-likeness (QED) is 0.592. The number of carbonyl (C=O) groups excluding carboxylic acids is 2. The van der Waals surface area contributed by atoms with E-state index in [1.165, 1.54) is 24.2 Å². The van der Waals surface area contributed by atoms with E-state index in [0.29, 0.717) is 19.4 Å². The van der Waals surface area contributed by atoms with Gasteiger partial charge in [0.05, 0.1) is 0 Å². The summed E-state index contributed by atoms with van der Waals surface area (Å²) in [6.07, 6.45) is 7.05. The highest BCUT2D eigenvalue weighted by atomic mass is 79.9. The van der Waals surface area contributed by atoms with Crippen molar-refractivity contribution in [3.05, 3.63) is 0 Å². The van der Waals surface area contributed by atoms with Crippen LogP contribution in [0.15, 0.2) is 0 Å². The number of piperidine rings is 1. The van der Waals surface area contributed by atoms with Crippen molar-refractivity contribution < 1.29 is 9.59 Å². The molecule has 4 heteroatoms. The zero-order valence-electron chi connectivity index (χ0n) is 11.1. The molecule has 1 heterocycles. The van der Waals surface area contributed by atoms with Crippen LogP contribution in [-0.4, -0.2) is 28.6 Å². The fourth-order valence-corrected chi connectivity index (χ4v) is 3.91. The van der Waals surface area contributed by atoms with E-state index in [1.807, 2.05) is 6.92 Å². The lowest BCUT2D eigenvalue weighted by Gasteiger charge is -2.41. The summed E-state index contributed by atoms with van der Waals surface area (Å²) in [6, 6.07) is 0. The highest BCUT2D eigenvalue weighted by Crippen LogP contribution is 2.39. The minimum Gasteiger partial charge on any atom is -0.282 e. The number of imide groups is 1. The number of nitrogens with zero attached hydrogens (tertiary/aromatic N) is 1. The fraction of sp³-hybridized carbons (Fsp3) is 0.857. The molecule has 102 valence electrons. The second kappa shape index (κ2) is 5.72. The van der Waals surface area contributed by atoms with Crippen LogP contribution in [0.3, 0.4) is 0 Å². The summed E-state index contributed by atoms with van der Waals surface area (Å²) in [5.41, 5.74) is 0.129. The Morgan fingerprint density at radius 1 is 1.17 bits per heavy atom. The molecule has 3 nitrogen and oxygen atoms in total. The van der Waals surface area contributed by atoms with E-state index in [0.717, 1.165) is 18.2 Å². The first-order chi connectivity index (χ1) is 8.56. The first-order valence-corrected chi connectivity index (χ1v) is 8.08. The van der Waals surface area contributed by atoms with Gasteiger partial charge >= 0.3 is 0 Å². The van der Waals surface area contributed by atoms with Gasteiger partial charge in [-0.05, 0) is 24.2 Å². The lowest BCUT2D eigenvalue weighted by atomic mass is 9.75. The number of likely N-dealkylation sites (tertiary alicyclic amines) is 1. The zero-order chi connectivity index (χ0) is 13.2. The highest BCUT2D eigenvalue weighted by molar-refractivity contribution is 9.09. The molecule has 0 aromatic heterocycles. The first-order valence-electron chi connectivity index (χ1n) is 6.95. The Balaban J connectivity index is 2.06. The van der Waals surface area contributed by atoms with Crippen molar-refractivity contribution in [1.29, 1.82) is 0 Å². The van der Waals surface area contributed by atoms with Crippen LogP contribution >= 0.6 is 15.9 Å². The van der Waals surface area contributed by atoms with Gasteiger partial charge in [-0.15, -0.1) is 0 Å². The molecule has 1 saturated heterocycles. The third-order valence-electron chi connectivity index (χ3n) is 4.34. The molecule has 1 saturated carbocycles. The number of amides is 2. The number of alkyl halides is 1. The van der Waals surface area contributed by atoms with Gasteiger partial charge in [-0.2, -0.15) is 0 Å². The molecule has 0 N–H and O–H groups in total. The summed E-state index contributed by atoms with van der Waals surface area (Å²) in [4.78, 5) is 25.6. The van der Waals surface area contributed by atoms with Gasteiger partial charge in [0.15, 0.2) is 0 Å². The largest absolute Gasteiger partial charge is 0.282 e. The van der Waals surface area contributed by atoms with E-state index < -0.39 is 0 Å². The molecule has 1 aliphatic carbocycles. The minimum absolute atomic E-state index is 0.0321. The Kier molecular flexibility index (Phi) is 4.46.